The molecule has 20 heavy (non-hydrogen) atoms. The Morgan fingerprint density at radius 2 is 1.60 bits per heavy atom. The number of carbonyl (C=O) groups is 2. The van der Waals surface area contributed by atoms with E-state index in [1.54, 1.807) is 0 Å². The molecule has 1 aliphatic rings. The van der Waals surface area contributed by atoms with Crippen LogP contribution in [0.1, 0.15) is 53.4 Å². The van der Waals surface area contributed by atoms with Crippen LogP contribution in [0.25, 0.3) is 0 Å². The predicted octanol–water partition coefficient (Wildman–Crippen LogP) is 2.61. The van der Waals surface area contributed by atoms with Crippen LogP contribution in [0, 0.1) is 17.8 Å². The van der Waals surface area contributed by atoms with Gasteiger partial charge in [-0.05, 0) is 30.6 Å². The number of hydrogen-bond acceptors (Lipinski definition) is 2. The van der Waals surface area contributed by atoms with Gasteiger partial charge in [-0.2, -0.15) is 0 Å². The van der Waals surface area contributed by atoms with Gasteiger partial charge in [0, 0.05) is 6.54 Å². The molecule has 2 amide bonds. The molecule has 0 saturated heterocycles. The molecular weight excluding hydrogens is 256 g/mol. The van der Waals surface area contributed by atoms with Crippen LogP contribution >= 0.6 is 0 Å². The Labute approximate surface area is 121 Å². The molecule has 116 valence electrons. The van der Waals surface area contributed by atoms with E-state index in [0.29, 0.717) is 37.1 Å². The van der Waals surface area contributed by atoms with E-state index in [9.17, 15) is 14.7 Å². The second-order valence-electron chi connectivity index (χ2n) is 6.58. The number of hydrogen-bond donors (Lipinski definition) is 3. The highest BCUT2D eigenvalue weighted by molar-refractivity contribution is 5.86. The molecular formula is C15H28N2O3. The van der Waals surface area contributed by atoms with E-state index in [0.717, 1.165) is 12.8 Å². The van der Waals surface area contributed by atoms with Gasteiger partial charge < -0.3 is 15.7 Å². The lowest BCUT2D eigenvalue weighted by atomic mass is 9.85. The first-order valence-corrected chi connectivity index (χ1v) is 7.58. The number of nitrogens with one attached hydrogen (secondary N) is 2. The third-order valence-electron chi connectivity index (χ3n) is 4.43. The first-order chi connectivity index (χ1) is 9.28. The largest absolute Gasteiger partial charge is 0.480 e. The quantitative estimate of drug-likeness (QED) is 0.701. The van der Waals surface area contributed by atoms with Gasteiger partial charge in [0.25, 0.3) is 0 Å². The number of carbonyl (C=O) groups excluding carboxylic acids is 1. The van der Waals surface area contributed by atoms with Crippen molar-refractivity contribution >= 4 is 12.0 Å². The van der Waals surface area contributed by atoms with Gasteiger partial charge in [-0.15, -0.1) is 0 Å². The summed E-state index contributed by atoms with van der Waals surface area (Å²) < 4.78 is 0. The van der Waals surface area contributed by atoms with Crippen molar-refractivity contribution < 1.29 is 14.7 Å². The van der Waals surface area contributed by atoms with Crippen molar-refractivity contribution in [3.05, 3.63) is 0 Å². The number of rotatable bonds is 6. The zero-order valence-corrected chi connectivity index (χ0v) is 13.0. The van der Waals surface area contributed by atoms with Gasteiger partial charge in [0.05, 0.1) is 0 Å². The predicted molar refractivity (Wildman–Crippen MR) is 78.5 cm³/mol. The minimum absolute atomic E-state index is 0.361. The summed E-state index contributed by atoms with van der Waals surface area (Å²) in [6.07, 6.45) is 2.75. The maximum Gasteiger partial charge on any atom is 0.329 e. The van der Waals surface area contributed by atoms with Gasteiger partial charge in [0.15, 0.2) is 0 Å². The number of aliphatic carboxylic acids is 1. The molecule has 0 unspecified atom stereocenters. The van der Waals surface area contributed by atoms with E-state index in [-0.39, 0.29) is 6.03 Å². The Kier molecular flexibility index (Phi) is 5.84. The minimum Gasteiger partial charge on any atom is -0.480 e. The second-order valence-corrected chi connectivity index (χ2v) is 6.58. The average Bonchev–Trinajstić information content (AvgIpc) is 2.77. The molecule has 1 fully saturated rings. The highest BCUT2D eigenvalue weighted by atomic mass is 16.4. The highest BCUT2D eigenvalue weighted by Gasteiger charge is 2.42. The van der Waals surface area contributed by atoms with Crippen LogP contribution in [0.15, 0.2) is 0 Å². The molecule has 0 radical (unpaired) electrons. The molecule has 0 aromatic rings. The summed E-state index contributed by atoms with van der Waals surface area (Å²) in [4.78, 5) is 23.3. The van der Waals surface area contributed by atoms with Crippen molar-refractivity contribution in [2.75, 3.05) is 6.54 Å². The molecule has 5 heteroatoms. The van der Waals surface area contributed by atoms with Crippen LogP contribution in [0.3, 0.4) is 0 Å². The molecule has 1 rings (SSSR count). The Morgan fingerprint density at radius 1 is 1.10 bits per heavy atom. The highest BCUT2D eigenvalue weighted by Crippen LogP contribution is 2.29. The van der Waals surface area contributed by atoms with E-state index in [2.05, 4.69) is 38.3 Å². The van der Waals surface area contributed by atoms with Crippen LogP contribution in [0.4, 0.5) is 4.79 Å². The Morgan fingerprint density at radius 3 is 2.00 bits per heavy atom. The smallest absolute Gasteiger partial charge is 0.329 e. The standard InChI is InChI=1S/C15H28N2O3/c1-10(2)12(11(3)4)9-16-14(20)17-15(13(18)19)7-5-6-8-15/h10-12H,5-9H2,1-4H3,(H,18,19)(H2,16,17,20). The zero-order valence-electron chi connectivity index (χ0n) is 13.0. The van der Waals surface area contributed by atoms with Gasteiger partial charge in [0.2, 0.25) is 0 Å². The minimum atomic E-state index is -1.06. The van der Waals surface area contributed by atoms with Crippen molar-refractivity contribution in [3.8, 4) is 0 Å². The molecule has 0 bridgehead atoms. The molecule has 0 aliphatic heterocycles. The summed E-state index contributed by atoms with van der Waals surface area (Å²) >= 11 is 0. The fourth-order valence-electron chi connectivity index (χ4n) is 3.08. The fraction of sp³-hybridized carbons (Fsp3) is 0.867. The van der Waals surface area contributed by atoms with Gasteiger partial charge in [-0.3, -0.25) is 0 Å². The number of carboxylic acid groups (broad SMARTS) is 1. The summed E-state index contributed by atoms with van der Waals surface area (Å²) in [6.45, 7) is 9.14. The van der Waals surface area contributed by atoms with Crippen molar-refractivity contribution in [2.45, 2.75) is 58.9 Å². The van der Waals surface area contributed by atoms with Crippen LogP contribution in [0.2, 0.25) is 0 Å². The summed E-state index contributed by atoms with van der Waals surface area (Å²) in [5.41, 5.74) is -1.06. The molecule has 1 saturated carbocycles. The first-order valence-electron chi connectivity index (χ1n) is 7.58. The number of urea groups is 1. The van der Waals surface area contributed by atoms with E-state index in [4.69, 9.17) is 0 Å². The Hall–Kier alpha value is -1.26. The monoisotopic (exact) mass is 284 g/mol. The van der Waals surface area contributed by atoms with Gasteiger partial charge in [-0.25, -0.2) is 9.59 Å². The van der Waals surface area contributed by atoms with Gasteiger partial charge in [-0.1, -0.05) is 40.5 Å². The van der Waals surface area contributed by atoms with Crippen LogP contribution in [-0.2, 0) is 4.79 Å². The molecule has 0 spiro atoms. The van der Waals surface area contributed by atoms with Crippen LogP contribution in [0.5, 0.6) is 0 Å². The summed E-state index contributed by atoms with van der Waals surface area (Å²) in [6, 6.07) is -0.361. The average molecular weight is 284 g/mol. The first kappa shape index (κ1) is 16.8. The third kappa shape index (κ3) is 4.12. The zero-order chi connectivity index (χ0) is 15.3. The normalized spacial score (nSPS) is 17.8. The summed E-state index contributed by atoms with van der Waals surface area (Å²) in [5.74, 6) is 0.435. The Balaban J connectivity index is 2.52. The molecule has 0 atom stereocenters. The molecule has 0 aromatic carbocycles. The second kappa shape index (κ2) is 6.95. The van der Waals surface area contributed by atoms with Crippen molar-refractivity contribution in [1.29, 1.82) is 0 Å². The van der Waals surface area contributed by atoms with E-state index >= 15 is 0 Å². The van der Waals surface area contributed by atoms with Gasteiger partial charge >= 0.3 is 12.0 Å². The summed E-state index contributed by atoms with van der Waals surface area (Å²) in [5, 5.41) is 14.8. The van der Waals surface area contributed by atoms with Gasteiger partial charge in [0.1, 0.15) is 5.54 Å². The Bertz CT molecular complexity index is 339. The maximum atomic E-state index is 12.0. The van der Waals surface area contributed by atoms with Crippen molar-refractivity contribution in [1.82, 2.24) is 10.6 Å². The third-order valence-corrected chi connectivity index (χ3v) is 4.43. The van der Waals surface area contributed by atoms with E-state index < -0.39 is 11.5 Å². The number of carboxylic acids is 1. The fourth-order valence-corrected chi connectivity index (χ4v) is 3.08. The van der Waals surface area contributed by atoms with Crippen molar-refractivity contribution in [2.24, 2.45) is 17.8 Å². The van der Waals surface area contributed by atoms with Crippen LogP contribution < -0.4 is 10.6 Å². The molecule has 5 nitrogen and oxygen atoms in total. The maximum absolute atomic E-state index is 12.0. The molecule has 0 heterocycles. The molecule has 3 N–H and O–H groups in total. The summed E-state index contributed by atoms with van der Waals surface area (Å²) in [7, 11) is 0. The van der Waals surface area contributed by atoms with E-state index in [1.165, 1.54) is 0 Å². The van der Waals surface area contributed by atoms with Crippen molar-refractivity contribution in [3.63, 3.8) is 0 Å². The lowest BCUT2D eigenvalue weighted by Gasteiger charge is -2.28. The molecule has 1 aliphatic carbocycles. The topological polar surface area (TPSA) is 78.4 Å². The lowest BCUT2D eigenvalue weighted by molar-refractivity contribution is -0.144. The SMILES string of the molecule is CC(C)C(CNC(=O)NC1(C(=O)O)CCCC1)C(C)C. The van der Waals surface area contributed by atoms with Crippen LogP contribution in [-0.4, -0.2) is 29.2 Å². The molecule has 0 aromatic heterocycles. The number of amides is 2. The van der Waals surface area contributed by atoms with E-state index in [1.807, 2.05) is 0 Å². The lowest BCUT2D eigenvalue weighted by Crippen LogP contribution is -2.56.